The summed E-state index contributed by atoms with van der Waals surface area (Å²) in [5, 5.41) is 0.330. The van der Waals surface area contributed by atoms with Crippen molar-refractivity contribution < 1.29 is 19.0 Å². The van der Waals surface area contributed by atoms with Gasteiger partial charge in [-0.1, -0.05) is 17.7 Å². The SMILES string of the molecule is COC(=O)C(C)(C)[C@@H](N)c1ccc(OC)c(OC)c1Cl.Cl. The third kappa shape index (κ3) is 3.73. The fourth-order valence-electron chi connectivity index (χ4n) is 1.92. The lowest BCUT2D eigenvalue weighted by Gasteiger charge is -2.30. The maximum atomic E-state index is 11.8. The van der Waals surface area contributed by atoms with Crippen molar-refractivity contribution in [2.75, 3.05) is 21.3 Å². The van der Waals surface area contributed by atoms with Crippen LogP contribution in [-0.2, 0) is 9.53 Å². The zero-order valence-electron chi connectivity index (χ0n) is 12.7. The lowest BCUT2D eigenvalue weighted by Crippen LogP contribution is -2.37. The highest BCUT2D eigenvalue weighted by Crippen LogP contribution is 2.43. The van der Waals surface area contributed by atoms with E-state index in [9.17, 15) is 4.79 Å². The molecule has 0 radical (unpaired) electrons. The molecule has 1 aromatic rings. The van der Waals surface area contributed by atoms with Gasteiger partial charge in [-0.05, 0) is 25.5 Å². The van der Waals surface area contributed by atoms with Gasteiger partial charge in [-0.3, -0.25) is 4.79 Å². The molecule has 0 aliphatic rings. The minimum atomic E-state index is -0.919. The van der Waals surface area contributed by atoms with E-state index in [0.29, 0.717) is 22.1 Å². The smallest absolute Gasteiger partial charge is 0.313 e. The molecule has 5 nitrogen and oxygen atoms in total. The van der Waals surface area contributed by atoms with E-state index in [1.54, 1.807) is 26.0 Å². The fourth-order valence-corrected chi connectivity index (χ4v) is 2.27. The molecule has 2 N–H and O–H groups in total. The van der Waals surface area contributed by atoms with E-state index in [1.807, 2.05) is 0 Å². The lowest BCUT2D eigenvalue weighted by atomic mass is 9.81. The van der Waals surface area contributed by atoms with Crippen molar-refractivity contribution in [2.45, 2.75) is 19.9 Å². The maximum Gasteiger partial charge on any atom is 0.313 e. The highest BCUT2D eigenvalue weighted by Gasteiger charge is 2.38. The Morgan fingerprint density at radius 3 is 2.24 bits per heavy atom. The van der Waals surface area contributed by atoms with Crippen molar-refractivity contribution in [3.63, 3.8) is 0 Å². The van der Waals surface area contributed by atoms with Gasteiger partial charge < -0.3 is 19.9 Å². The first-order chi connectivity index (χ1) is 9.31. The van der Waals surface area contributed by atoms with Gasteiger partial charge in [0.1, 0.15) is 0 Å². The summed E-state index contributed by atoms with van der Waals surface area (Å²) < 4.78 is 15.2. The average Bonchev–Trinajstić information content (AvgIpc) is 2.44. The Hall–Kier alpha value is -1.17. The first kappa shape index (κ1) is 19.8. The summed E-state index contributed by atoms with van der Waals surface area (Å²) >= 11 is 6.30. The number of carbonyl (C=O) groups excluding carboxylic acids is 1. The molecule has 7 heteroatoms. The number of esters is 1. The van der Waals surface area contributed by atoms with Crippen LogP contribution in [0.15, 0.2) is 12.1 Å². The highest BCUT2D eigenvalue weighted by molar-refractivity contribution is 6.33. The second kappa shape index (κ2) is 7.73. The molecule has 1 aromatic carbocycles. The Bertz CT molecular complexity index is 506. The number of carbonyl (C=O) groups is 1. The van der Waals surface area contributed by atoms with Crippen molar-refractivity contribution in [1.29, 1.82) is 0 Å². The molecular weight excluding hydrogens is 317 g/mol. The molecule has 0 unspecified atom stereocenters. The molecule has 0 heterocycles. The van der Waals surface area contributed by atoms with Crippen LogP contribution >= 0.6 is 24.0 Å². The summed E-state index contributed by atoms with van der Waals surface area (Å²) in [7, 11) is 4.34. The van der Waals surface area contributed by atoms with Crippen molar-refractivity contribution in [3.8, 4) is 11.5 Å². The Morgan fingerprint density at radius 2 is 1.81 bits per heavy atom. The predicted molar refractivity (Wildman–Crippen MR) is 84.5 cm³/mol. The van der Waals surface area contributed by atoms with Gasteiger partial charge >= 0.3 is 5.97 Å². The van der Waals surface area contributed by atoms with Crippen LogP contribution in [0, 0.1) is 5.41 Å². The van der Waals surface area contributed by atoms with Gasteiger partial charge in [0, 0.05) is 6.04 Å². The van der Waals surface area contributed by atoms with Crippen LogP contribution < -0.4 is 15.2 Å². The summed E-state index contributed by atoms with van der Waals surface area (Å²) in [6, 6.07) is 2.79. The molecule has 0 aliphatic heterocycles. The molecule has 0 amide bonds. The van der Waals surface area contributed by atoms with Crippen LogP contribution in [-0.4, -0.2) is 27.3 Å². The molecule has 0 bridgehead atoms. The summed E-state index contributed by atoms with van der Waals surface area (Å²) in [4.78, 5) is 11.8. The summed E-state index contributed by atoms with van der Waals surface area (Å²) in [5.41, 5.74) is 5.86. The number of benzene rings is 1. The molecule has 0 fully saturated rings. The highest BCUT2D eigenvalue weighted by atomic mass is 35.5. The Morgan fingerprint density at radius 1 is 1.24 bits per heavy atom. The third-order valence-corrected chi connectivity index (χ3v) is 3.73. The molecule has 1 rings (SSSR count). The van der Waals surface area contributed by atoms with Crippen molar-refractivity contribution >= 4 is 30.0 Å². The minimum Gasteiger partial charge on any atom is -0.493 e. The van der Waals surface area contributed by atoms with E-state index in [4.69, 9.17) is 31.5 Å². The quantitative estimate of drug-likeness (QED) is 0.836. The van der Waals surface area contributed by atoms with Gasteiger partial charge in [-0.25, -0.2) is 0 Å². The monoisotopic (exact) mass is 337 g/mol. The number of ether oxygens (including phenoxy) is 3. The predicted octanol–water partition coefficient (Wildman–Crippen LogP) is 2.98. The lowest BCUT2D eigenvalue weighted by molar-refractivity contribution is -0.152. The molecule has 0 aliphatic carbocycles. The van der Waals surface area contributed by atoms with Crippen LogP contribution in [0.25, 0.3) is 0 Å². The van der Waals surface area contributed by atoms with E-state index in [2.05, 4.69) is 0 Å². The van der Waals surface area contributed by atoms with E-state index >= 15 is 0 Å². The normalized spacial score (nSPS) is 12.1. The Kier molecular flexibility index (Phi) is 7.30. The van der Waals surface area contributed by atoms with Crippen molar-refractivity contribution in [3.05, 3.63) is 22.7 Å². The number of nitrogens with two attached hydrogens (primary N) is 1. The van der Waals surface area contributed by atoms with Gasteiger partial charge in [0.2, 0.25) is 0 Å². The van der Waals surface area contributed by atoms with Crippen LogP contribution in [0.3, 0.4) is 0 Å². The first-order valence-corrected chi connectivity index (χ1v) is 6.43. The van der Waals surface area contributed by atoms with Crippen LogP contribution in [0.1, 0.15) is 25.5 Å². The molecular formula is C14H21Cl2NO4. The van der Waals surface area contributed by atoms with E-state index < -0.39 is 17.4 Å². The number of rotatable bonds is 5. The van der Waals surface area contributed by atoms with Crippen LogP contribution in [0.5, 0.6) is 11.5 Å². The molecule has 0 spiro atoms. The van der Waals surface area contributed by atoms with Gasteiger partial charge in [0.25, 0.3) is 0 Å². The van der Waals surface area contributed by atoms with Crippen LogP contribution in [0.4, 0.5) is 0 Å². The molecule has 21 heavy (non-hydrogen) atoms. The third-order valence-electron chi connectivity index (χ3n) is 3.34. The number of halogens is 2. The standard InChI is InChI=1S/C14H20ClNO4.ClH/c1-14(2,13(17)20-5)12(16)8-6-7-9(18-3)11(19-4)10(8)15;/h6-7,12H,16H2,1-5H3;1H/t12-;/m0./s1. The van der Waals surface area contributed by atoms with Gasteiger partial charge in [0.15, 0.2) is 11.5 Å². The van der Waals surface area contributed by atoms with Crippen molar-refractivity contribution in [1.82, 2.24) is 0 Å². The summed E-state index contributed by atoms with van der Waals surface area (Å²) in [6.07, 6.45) is 0. The topological polar surface area (TPSA) is 70.8 Å². The van der Waals surface area contributed by atoms with E-state index in [1.165, 1.54) is 21.3 Å². The van der Waals surface area contributed by atoms with Crippen LogP contribution in [0.2, 0.25) is 5.02 Å². The Labute approximate surface area is 136 Å². The van der Waals surface area contributed by atoms with E-state index in [0.717, 1.165) is 0 Å². The number of methoxy groups -OCH3 is 3. The van der Waals surface area contributed by atoms with Crippen molar-refractivity contribution in [2.24, 2.45) is 11.1 Å². The van der Waals surface area contributed by atoms with Gasteiger partial charge in [-0.15, -0.1) is 12.4 Å². The molecule has 0 aromatic heterocycles. The molecule has 0 saturated carbocycles. The zero-order chi connectivity index (χ0) is 15.5. The molecule has 120 valence electrons. The Balaban J connectivity index is 0.00000400. The first-order valence-electron chi connectivity index (χ1n) is 6.05. The molecule has 1 atom stereocenters. The second-order valence-corrected chi connectivity index (χ2v) is 5.27. The summed E-state index contributed by atoms with van der Waals surface area (Å²) in [5.74, 6) is 0.489. The zero-order valence-corrected chi connectivity index (χ0v) is 14.3. The van der Waals surface area contributed by atoms with E-state index in [-0.39, 0.29) is 12.4 Å². The second-order valence-electron chi connectivity index (χ2n) is 4.90. The maximum absolute atomic E-state index is 11.8. The number of hydrogen-bond acceptors (Lipinski definition) is 5. The minimum absolute atomic E-state index is 0. The van der Waals surface area contributed by atoms with Gasteiger partial charge in [-0.2, -0.15) is 0 Å². The number of hydrogen-bond donors (Lipinski definition) is 1. The largest absolute Gasteiger partial charge is 0.493 e. The van der Waals surface area contributed by atoms with Gasteiger partial charge in [0.05, 0.1) is 31.8 Å². The fraction of sp³-hybridized carbons (Fsp3) is 0.500. The average molecular weight is 338 g/mol. The molecule has 0 saturated heterocycles. The summed E-state index contributed by atoms with van der Waals surface area (Å²) in [6.45, 7) is 3.41.